The normalized spacial score (nSPS) is 10.8. The topological polar surface area (TPSA) is 78.7 Å². The molecule has 0 atom stereocenters. The van der Waals surface area contributed by atoms with Crippen LogP contribution in [0.1, 0.15) is 21.5 Å². The van der Waals surface area contributed by atoms with Crippen molar-refractivity contribution in [2.45, 2.75) is 6.61 Å². The molecule has 0 saturated carbocycles. The Hall–Kier alpha value is -2.47. The highest BCUT2D eigenvalue weighted by atomic mass is 127. The Labute approximate surface area is 206 Å². The van der Waals surface area contributed by atoms with E-state index in [0.717, 1.165) is 24.0 Å². The average molecular weight is 641 g/mol. The molecule has 0 aliphatic carbocycles. The van der Waals surface area contributed by atoms with Gasteiger partial charge < -0.3 is 9.47 Å². The van der Waals surface area contributed by atoms with Crippen molar-refractivity contribution in [2.75, 3.05) is 7.11 Å². The van der Waals surface area contributed by atoms with E-state index >= 15 is 0 Å². The monoisotopic (exact) mass is 641 g/mol. The second-order valence-corrected chi connectivity index (χ2v) is 8.78. The molecule has 6 nitrogen and oxygen atoms in total. The number of rotatable bonds is 8. The van der Waals surface area contributed by atoms with Crippen LogP contribution < -0.4 is 9.47 Å². The minimum Gasteiger partial charge on any atom is -0.497 e. The predicted molar refractivity (Wildman–Crippen MR) is 136 cm³/mol. The van der Waals surface area contributed by atoms with Crippen molar-refractivity contribution < 1.29 is 19.2 Å². The first-order chi connectivity index (χ1) is 14.9. The molecular formula is C23H17I2NO5. The number of ether oxygens (including phenoxy) is 2. The lowest BCUT2D eigenvalue weighted by Gasteiger charge is -2.11. The highest BCUT2D eigenvalue weighted by Gasteiger charge is 2.10. The van der Waals surface area contributed by atoms with Crippen LogP contribution in [-0.4, -0.2) is 17.8 Å². The maximum Gasteiger partial charge on any atom is 0.269 e. The number of nitro benzene ring substituents is 1. The number of hydrogen-bond acceptors (Lipinski definition) is 5. The van der Waals surface area contributed by atoms with Crippen molar-refractivity contribution in [3.8, 4) is 11.5 Å². The van der Waals surface area contributed by atoms with Crippen molar-refractivity contribution in [3.63, 3.8) is 0 Å². The van der Waals surface area contributed by atoms with Crippen LogP contribution in [0.3, 0.4) is 0 Å². The third-order valence-corrected chi connectivity index (χ3v) is 5.96. The fourth-order valence-electron chi connectivity index (χ4n) is 2.71. The predicted octanol–water partition coefficient (Wildman–Crippen LogP) is 6.29. The van der Waals surface area contributed by atoms with Gasteiger partial charge in [-0.25, -0.2) is 0 Å². The number of non-ortho nitro benzene ring substituents is 1. The lowest BCUT2D eigenvalue weighted by Crippen LogP contribution is -2.00. The lowest BCUT2D eigenvalue weighted by atomic mass is 10.1. The molecule has 3 aromatic rings. The first-order valence-electron chi connectivity index (χ1n) is 9.09. The van der Waals surface area contributed by atoms with E-state index < -0.39 is 4.92 Å². The molecule has 0 aliphatic rings. The van der Waals surface area contributed by atoms with Gasteiger partial charge in [0.15, 0.2) is 5.78 Å². The largest absolute Gasteiger partial charge is 0.497 e. The molecule has 0 unspecified atom stereocenters. The molecule has 0 radical (unpaired) electrons. The van der Waals surface area contributed by atoms with Crippen LogP contribution >= 0.6 is 45.2 Å². The van der Waals surface area contributed by atoms with E-state index in [-0.39, 0.29) is 11.5 Å². The van der Waals surface area contributed by atoms with Gasteiger partial charge in [0, 0.05) is 17.7 Å². The summed E-state index contributed by atoms with van der Waals surface area (Å²) >= 11 is 4.39. The van der Waals surface area contributed by atoms with Gasteiger partial charge in [-0.15, -0.1) is 0 Å². The number of hydrogen-bond donors (Lipinski definition) is 0. The second-order valence-electron chi connectivity index (χ2n) is 6.45. The molecule has 0 fully saturated rings. The van der Waals surface area contributed by atoms with Crippen LogP contribution in [0.2, 0.25) is 0 Å². The zero-order valence-corrected chi connectivity index (χ0v) is 20.7. The molecule has 0 saturated heterocycles. The van der Waals surface area contributed by atoms with Gasteiger partial charge in [-0.05, 0) is 111 Å². The molecule has 0 bridgehead atoms. The third kappa shape index (κ3) is 6.26. The molecule has 0 aromatic heterocycles. The SMILES string of the molecule is COc1ccc(C(=O)/C=C/c2cc(I)c(OCc3ccc([N+](=O)[O-])cc3)c(I)c2)cc1. The van der Waals surface area contributed by atoms with Gasteiger partial charge in [0.2, 0.25) is 0 Å². The summed E-state index contributed by atoms with van der Waals surface area (Å²) in [5.41, 5.74) is 2.36. The molecule has 0 aliphatic heterocycles. The quantitative estimate of drug-likeness (QED) is 0.0951. The van der Waals surface area contributed by atoms with Gasteiger partial charge in [0.1, 0.15) is 18.1 Å². The molecule has 158 valence electrons. The minimum absolute atomic E-state index is 0.0493. The number of methoxy groups -OCH3 is 1. The van der Waals surface area contributed by atoms with E-state index in [1.807, 2.05) is 12.1 Å². The van der Waals surface area contributed by atoms with Crippen molar-refractivity contribution >= 4 is 62.7 Å². The van der Waals surface area contributed by atoms with Gasteiger partial charge in [0.25, 0.3) is 5.69 Å². The summed E-state index contributed by atoms with van der Waals surface area (Å²) in [4.78, 5) is 22.7. The summed E-state index contributed by atoms with van der Waals surface area (Å²) < 4.78 is 12.9. The Kier molecular flexibility index (Phi) is 8.02. The first kappa shape index (κ1) is 23.2. The zero-order valence-electron chi connectivity index (χ0n) is 16.4. The van der Waals surface area contributed by atoms with Gasteiger partial charge in [0.05, 0.1) is 19.2 Å². The van der Waals surface area contributed by atoms with E-state index in [2.05, 4.69) is 45.2 Å². The van der Waals surface area contributed by atoms with E-state index in [1.54, 1.807) is 55.7 Å². The Balaban J connectivity index is 1.68. The minimum atomic E-state index is -0.428. The molecule has 0 amide bonds. The van der Waals surface area contributed by atoms with Crippen LogP contribution in [0.4, 0.5) is 5.69 Å². The summed E-state index contributed by atoms with van der Waals surface area (Å²) in [7, 11) is 1.58. The number of carbonyl (C=O) groups excluding carboxylic acids is 1. The Morgan fingerprint density at radius 1 is 1.03 bits per heavy atom. The summed E-state index contributed by atoms with van der Waals surface area (Å²) in [5, 5.41) is 10.8. The van der Waals surface area contributed by atoms with Crippen LogP contribution in [0.15, 0.2) is 66.7 Å². The van der Waals surface area contributed by atoms with Crippen molar-refractivity contribution in [1.29, 1.82) is 0 Å². The molecule has 0 spiro atoms. The number of benzene rings is 3. The lowest BCUT2D eigenvalue weighted by molar-refractivity contribution is -0.384. The van der Waals surface area contributed by atoms with Gasteiger partial charge in [-0.2, -0.15) is 0 Å². The smallest absolute Gasteiger partial charge is 0.269 e. The maximum absolute atomic E-state index is 12.4. The van der Waals surface area contributed by atoms with Gasteiger partial charge in [-0.3, -0.25) is 14.9 Å². The number of allylic oxidation sites excluding steroid dienone is 1. The first-order valence-corrected chi connectivity index (χ1v) is 11.2. The summed E-state index contributed by atoms with van der Waals surface area (Å²) in [6.45, 7) is 0.301. The van der Waals surface area contributed by atoms with Crippen molar-refractivity contribution in [1.82, 2.24) is 0 Å². The van der Waals surface area contributed by atoms with E-state index in [1.165, 1.54) is 12.1 Å². The third-order valence-electron chi connectivity index (χ3n) is 4.35. The summed E-state index contributed by atoms with van der Waals surface area (Å²) in [6, 6.07) is 17.1. The summed E-state index contributed by atoms with van der Waals surface area (Å²) in [6.07, 6.45) is 3.32. The van der Waals surface area contributed by atoms with Gasteiger partial charge >= 0.3 is 0 Å². The molecule has 3 rings (SSSR count). The molecule has 0 heterocycles. The number of carbonyl (C=O) groups is 1. The van der Waals surface area contributed by atoms with Crippen LogP contribution in [0.5, 0.6) is 11.5 Å². The molecule has 31 heavy (non-hydrogen) atoms. The Bertz CT molecular complexity index is 1100. The average Bonchev–Trinajstić information content (AvgIpc) is 2.77. The Morgan fingerprint density at radius 3 is 2.19 bits per heavy atom. The second kappa shape index (κ2) is 10.7. The number of nitrogens with zero attached hydrogens (tertiary/aromatic N) is 1. The van der Waals surface area contributed by atoms with Crippen LogP contribution in [0.25, 0.3) is 6.08 Å². The number of ketones is 1. The zero-order chi connectivity index (χ0) is 22.4. The molecular weight excluding hydrogens is 624 g/mol. The summed E-state index contributed by atoms with van der Waals surface area (Å²) in [5.74, 6) is 1.35. The number of halogens is 2. The van der Waals surface area contributed by atoms with E-state index in [9.17, 15) is 14.9 Å². The Morgan fingerprint density at radius 2 is 1.65 bits per heavy atom. The van der Waals surface area contributed by atoms with E-state index in [4.69, 9.17) is 9.47 Å². The molecule has 0 N–H and O–H groups in total. The highest BCUT2D eigenvalue weighted by Crippen LogP contribution is 2.30. The standard InChI is InChI=1S/C23H17I2NO5/c1-30-19-9-5-17(6-10-19)22(27)11-4-16-12-20(24)23(21(25)13-16)31-14-15-2-7-18(8-3-15)26(28)29/h2-13H,14H2,1H3/b11-4+. The maximum atomic E-state index is 12.4. The van der Waals surface area contributed by atoms with Crippen molar-refractivity contribution in [2.24, 2.45) is 0 Å². The fraction of sp³-hybridized carbons (Fsp3) is 0.0870. The van der Waals surface area contributed by atoms with Crippen molar-refractivity contribution in [3.05, 3.63) is 101 Å². The van der Waals surface area contributed by atoms with Crippen LogP contribution in [0, 0.1) is 17.3 Å². The van der Waals surface area contributed by atoms with Gasteiger partial charge in [-0.1, -0.05) is 6.08 Å². The van der Waals surface area contributed by atoms with Crippen LogP contribution in [-0.2, 0) is 6.61 Å². The fourth-order valence-corrected chi connectivity index (χ4v) is 4.83. The van der Waals surface area contributed by atoms with E-state index in [0.29, 0.717) is 17.9 Å². The highest BCUT2D eigenvalue weighted by molar-refractivity contribution is 14.1. The molecule has 8 heteroatoms. The molecule has 3 aromatic carbocycles. The number of nitro groups is 1.